The Kier molecular flexibility index (Phi) is 8.76. The van der Waals surface area contributed by atoms with Crippen molar-refractivity contribution in [3.05, 3.63) is 132 Å². The molecule has 2 aliphatic heterocycles. The van der Waals surface area contributed by atoms with Gasteiger partial charge in [0, 0.05) is 31.3 Å². The topological polar surface area (TPSA) is 72.4 Å². The number of nitrogens with zero attached hydrogens (tertiary/aromatic N) is 5. The van der Waals surface area contributed by atoms with Crippen molar-refractivity contribution >= 4 is 30.3 Å². The smallest absolute Gasteiger partial charge is 0.261 e. The van der Waals surface area contributed by atoms with Crippen LogP contribution in [0.5, 0.6) is 5.75 Å². The molecule has 2 aliphatic rings. The quantitative estimate of drug-likeness (QED) is 0.103. The number of hydrogen-bond acceptors (Lipinski definition) is 7. The molecule has 1 atom stereocenters. The second-order valence-electron chi connectivity index (χ2n) is 13.9. The van der Waals surface area contributed by atoms with Gasteiger partial charge in [0.15, 0.2) is 5.82 Å². The van der Waals surface area contributed by atoms with Crippen molar-refractivity contribution in [3.63, 3.8) is 0 Å². The minimum atomic E-state index is -2.62. The molecule has 7 rings (SSSR count). The first-order chi connectivity index (χ1) is 23.3. The van der Waals surface area contributed by atoms with Gasteiger partial charge in [-0.15, -0.1) is 0 Å². The molecular formula is C39H45N6O2Si+. The predicted octanol–water partition coefficient (Wildman–Crippen LogP) is 6.22. The summed E-state index contributed by atoms with van der Waals surface area (Å²) in [5.74, 6) is 2.75. The molecule has 0 aliphatic carbocycles. The fraction of sp³-hybridized carbons (Fsp3) is 0.308. The molecule has 246 valence electrons. The van der Waals surface area contributed by atoms with E-state index in [4.69, 9.17) is 24.1 Å². The van der Waals surface area contributed by atoms with E-state index in [1.165, 1.54) is 21.5 Å². The molecule has 8 nitrogen and oxygen atoms in total. The molecule has 0 bridgehead atoms. The van der Waals surface area contributed by atoms with Crippen molar-refractivity contribution in [2.24, 2.45) is 0 Å². The zero-order chi connectivity index (χ0) is 33.2. The third-order valence-electron chi connectivity index (χ3n) is 9.95. The van der Waals surface area contributed by atoms with E-state index in [0.29, 0.717) is 13.2 Å². The van der Waals surface area contributed by atoms with Crippen molar-refractivity contribution in [2.75, 3.05) is 30.6 Å². The number of quaternary nitrogens is 1. The Morgan fingerprint density at radius 1 is 0.833 bits per heavy atom. The van der Waals surface area contributed by atoms with Gasteiger partial charge in [0.25, 0.3) is 8.32 Å². The summed E-state index contributed by atoms with van der Waals surface area (Å²) in [5.41, 5.74) is 4.75. The van der Waals surface area contributed by atoms with E-state index in [2.05, 4.69) is 110 Å². The highest BCUT2D eigenvalue weighted by Gasteiger charge is 2.52. The normalized spacial score (nSPS) is 17.0. The lowest BCUT2D eigenvalue weighted by Crippen LogP contribution is -2.66. The fourth-order valence-corrected chi connectivity index (χ4v) is 12.2. The largest absolute Gasteiger partial charge is 0.497 e. The van der Waals surface area contributed by atoms with E-state index < -0.39 is 8.32 Å². The number of nitrogens with one attached hydrogen (secondary N) is 1. The maximum atomic E-state index is 7.32. The van der Waals surface area contributed by atoms with E-state index in [-0.39, 0.29) is 5.04 Å². The van der Waals surface area contributed by atoms with Crippen molar-refractivity contribution in [1.29, 1.82) is 0 Å². The summed E-state index contributed by atoms with van der Waals surface area (Å²) in [6.07, 6.45) is 4.52. The Hall–Kier alpha value is -4.57. The summed E-state index contributed by atoms with van der Waals surface area (Å²) in [7, 11) is -0.934. The maximum Gasteiger partial charge on any atom is 0.261 e. The first-order valence-corrected chi connectivity index (χ1v) is 18.8. The Labute approximate surface area is 285 Å². The van der Waals surface area contributed by atoms with E-state index in [0.717, 1.165) is 65.8 Å². The number of ether oxygens (including phenoxy) is 1. The van der Waals surface area contributed by atoms with Crippen molar-refractivity contribution in [2.45, 2.75) is 58.4 Å². The third kappa shape index (κ3) is 5.87. The van der Waals surface area contributed by atoms with Gasteiger partial charge in [-0.25, -0.2) is 14.6 Å². The second-order valence-corrected chi connectivity index (χ2v) is 18.2. The molecule has 0 spiro atoms. The number of rotatable bonds is 11. The number of methoxy groups -OCH3 is 1. The molecule has 3 aromatic carbocycles. The van der Waals surface area contributed by atoms with Crippen LogP contribution in [0.2, 0.25) is 5.04 Å². The summed E-state index contributed by atoms with van der Waals surface area (Å²) < 4.78 is 13.4. The van der Waals surface area contributed by atoms with Gasteiger partial charge in [0.05, 0.1) is 19.2 Å². The Morgan fingerprint density at radius 3 is 2.21 bits per heavy atom. The van der Waals surface area contributed by atoms with Crippen LogP contribution in [0.25, 0.3) is 0 Å². The highest BCUT2D eigenvalue weighted by Crippen LogP contribution is 2.44. The minimum absolute atomic E-state index is 0.0633. The third-order valence-corrected chi connectivity index (χ3v) is 15.0. The van der Waals surface area contributed by atoms with Crippen LogP contribution in [0, 0.1) is 0 Å². The molecule has 9 heteroatoms. The zero-order valence-corrected chi connectivity index (χ0v) is 29.4. The summed E-state index contributed by atoms with van der Waals surface area (Å²) in [6, 6.07) is 34.2. The SMILES string of the molecule is COc1ccc(CNc2ncnc3c2C[N+]2(CCCO[Si](c4ccccc4)(c4ccccc4)C(C)(C)C)Cc4ncccc4CN32)cc1. The lowest BCUT2D eigenvalue weighted by molar-refractivity contribution is -0.959. The van der Waals surface area contributed by atoms with Gasteiger partial charge in [-0.05, 0) is 39.2 Å². The minimum Gasteiger partial charge on any atom is -0.497 e. The van der Waals surface area contributed by atoms with E-state index in [1.54, 1.807) is 13.4 Å². The number of pyridine rings is 1. The van der Waals surface area contributed by atoms with Crippen molar-refractivity contribution in [3.8, 4) is 5.75 Å². The first kappa shape index (κ1) is 32.0. The molecular weight excluding hydrogens is 613 g/mol. The first-order valence-electron chi connectivity index (χ1n) is 16.9. The van der Waals surface area contributed by atoms with E-state index >= 15 is 0 Å². The lowest BCUT2D eigenvalue weighted by Gasteiger charge is -2.45. The molecule has 0 saturated carbocycles. The molecule has 0 saturated heterocycles. The summed E-state index contributed by atoms with van der Waals surface area (Å²) in [6.45, 7) is 11.6. The average molecular weight is 658 g/mol. The van der Waals surface area contributed by atoms with Crippen LogP contribution in [0.15, 0.2) is 110 Å². The van der Waals surface area contributed by atoms with Crippen LogP contribution in [0.4, 0.5) is 11.6 Å². The van der Waals surface area contributed by atoms with Crippen LogP contribution in [-0.2, 0) is 30.6 Å². The van der Waals surface area contributed by atoms with Crippen LogP contribution in [0.3, 0.4) is 0 Å². The number of aromatic nitrogens is 3. The molecule has 4 heterocycles. The van der Waals surface area contributed by atoms with Gasteiger partial charge < -0.3 is 14.5 Å². The van der Waals surface area contributed by atoms with Gasteiger partial charge >= 0.3 is 0 Å². The molecule has 48 heavy (non-hydrogen) atoms. The molecule has 5 aromatic rings. The van der Waals surface area contributed by atoms with Gasteiger partial charge in [0.1, 0.15) is 43.2 Å². The van der Waals surface area contributed by atoms with Crippen LogP contribution in [-0.4, -0.2) is 48.1 Å². The Bertz CT molecular complexity index is 1810. The van der Waals surface area contributed by atoms with Gasteiger partial charge in [0.2, 0.25) is 0 Å². The average Bonchev–Trinajstić information content (AvgIpc) is 3.44. The van der Waals surface area contributed by atoms with Crippen LogP contribution >= 0.6 is 0 Å². The summed E-state index contributed by atoms with van der Waals surface area (Å²) >= 11 is 0. The maximum absolute atomic E-state index is 7.32. The van der Waals surface area contributed by atoms with Crippen molar-refractivity contribution in [1.82, 2.24) is 15.0 Å². The molecule has 1 N–H and O–H groups in total. The second kappa shape index (κ2) is 13.1. The summed E-state index contributed by atoms with van der Waals surface area (Å²) in [4.78, 5) is 14.5. The Balaban J connectivity index is 1.16. The van der Waals surface area contributed by atoms with E-state index in [9.17, 15) is 0 Å². The van der Waals surface area contributed by atoms with Gasteiger partial charge in [-0.1, -0.05) is 99.6 Å². The molecule has 0 radical (unpaired) electrons. The monoisotopic (exact) mass is 657 g/mol. The summed E-state index contributed by atoms with van der Waals surface area (Å²) in [5, 5.41) is 8.66. The fourth-order valence-electron chi connectivity index (χ4n) is 7.62. The lowest BCUT2D eigenvalue weighted by atomic mass is 10.1. The molecule has 2 aromatic heterocycles. The van der Waals surface area contributed by atoms with Crippen LogP contribution < -0.4 is 25.4 Å². The highest BCUT2D eigenvalue weighted by atomic mass is 28.4. The molecule has 0 amide bonds. The number of fused-ring (bicyclic) bond motifs is 4. The van der Waals surface area contributed by atoms with Gasteiger partial charge in [-0.3, -0.25) is 4.98 Å². The molecule has 1 unspecified atom stereocenters. The van der Waals surface area contributed by atoms with Crippen molar-refractivity contribution < 1.29 is 13.8 Å². The zero-order valence-electron chi connectivity index (χ0n) is 28.4. The molecule has 0 fully saturated rings. The predicted molar refractivity (Wildman–Crippen MR) is 193 cm³/mol. The van der Waals surface area contributed by atoms with Crippen LogP contribution in [0.1, 0.15) is 49.6 Å². The number of anilines is 2. The van der Waals surface area contributed by atoms with Gasteiger partial charge in [-0.2, -0.15) is 5.01 Å². The Morgan fingerprint density at radius 2 is 1.54 bits per heavy atom. The van der Waals surface area contributed by atoms with E-state index in [1.807, 2.05) is 24.4 Å². The standard InChI is InChI=1S/C39H45N6O2Si/c1-39(2,3)48(33-14-7-5-8-15-33,34-16-9-6-10-17-34)47-24-12-23-45-27-35-37(41-25-30-18-20-32(46-4)21-19-30)42-29-43-38(35)44(45)26-31-13-11-22-40-36(31)28-45/h5-11,13-22,29H,12,23-28H2,1-4H3,(H,41,42,43)/q+1. The number of hydrogen-bond donors (Lipinski definition) is 1. The highest BCUT2D eigenvalue weighted by molar-refractivity contribution is 6.99. The number of benzene rings is 3.